The SMILES string of the molecule is CC(=O)CC[C@@H]1[C@@H]([C@@H]2C(=O)CC[C@]2(C)C(CC(C)C)c2c(O)c(C=O)c(O)c(C=O)c2O)C1(C)C. The Morgan fingerprint density at radius 1 is 1.03 bits per heavy atom. The summed E-state index contributed by atoms with van der Waals surface area (Å²) in [7, 11) is 0. The molecule has 0 radical (unpaired) electrons. The molecule has 2 aliphatic carbocycles. The molecule has 0 saturated heterocycles. The molecule has 7 heteroatoms. The highest BCUT2D eigenvalue weighted by Crippen LogP contribution is 2.71. The van der Waals surface area contributed by atoms with Crippen molar-refractivity contribution in [2.45, 2.75) is 79.6 Å². The molecule has 0 bridgehead atoms. The van der Waals surface area contributed by atoms with Crippen molar-refractivity contribution < 1.29 is 34.5 Å². The van der Waals surface area contributed by atoms with E-state index in [-0.39, 0.29) is 58.8 Å². The molecule has 2 fully saturated rings. The van der Waals surface area contributed by atoms with Gasteiger partial charge in [-0.2, -0.15) is 0 Å². The second kappa shape index (κ2) is 9.40. The molecular weight excluding hydrogens is 448 g/mol. The number of phenolic OH excluding ortho intramolecular Hbond substituents is 3. The van der Waals surface area contributed by atoms with Gasteiger partial charge >= 0.3 is 0 Å². The van der Waals surface area contributed by atoms with Crippen LogP contribution in [-0.4, -0.2) is 39.5 Å². The Labute approximate surface area is 206 Å². The molecule has 7 nitrogen and oxygen atoms in total. The summed E-state index contributed by atoms with van der Waals surface area (Å²) in [6.45, 7) is 11.8. The van der Waals surface area contributed by atoms with E-state index in [4.69, 9.17) is 0 Å². The minimum absolute atomic E-state index is 0.0432. The number of aromatic hydroxyl groups is 3. The quantitative estimate of drug-likeness (QED) is 0.388. The first-order valence-corrected chi connectivity index (χ1v) is 12.5. The Balaban J connectivity index is 2.18. The maximum absolute atomic E-state index is 13.4. The molecular formula is C28H38O7. The van der Waals surface area contributed by atoms with Gasteiger partial charge < -0.3 is 20.1 Å². The average molecular weight is 487 g/mol. The van der Waals surface area contributed by atoms with Crippen molar-refractivity contribution in [3.05, 3.63) is 16.7 Å². The van der Waals surface area contributed by atoms with Gasteiger partial charge in [-0.1, -0.05) is 34.6 Å². The number of phenols is 3. The van der Waals surface area contributed by atoms with Crippen LogP contribution in [0, 0.1) is 34.5 Å². The van der Waals surface area contributed by atoms with E-state index >= 15 is 0 Å². The lowest BCUT2D eigenvalue weighted by atomic mass is 9.62. The fourth-order valence-electron chi connectivity index (χ4n) is 6.94. The predicted octanol–water partition coefficient (Wildman–Crippen LogP) is 5.18. The van der Waals surface area contributed by atoms with Crippen LogP contribution in [0.15, 0.2) is 0 Å². The van der Waals surface area contributed by atoms with Crippen molar-refractivity contribution in [2.24, 2.45) is 34.5 Å². The third kappa shape index (κ3) is 4.38. The number of hydrogen-bond donors (Lipinski definition) is 3. The molecule has 2 aliphatic rings. The summed E-state index contributed by atoms with van der Waals surface area (Å²) in [6.07, 6.45) is 3.11. The first-order valence-electron chi connectivity index (χ1n) is 12.5. The van der Waals surface area contributed by atoms with Crippen molar-refractivity contribution in [1.29, 1.82) is 0 Å². The molecule has 3 N–H and O–H groups in total. The summed E-state index contributed by atoms with van der Waals surface area (Å²) in [5.74, 6) is -2.13. The van der Waals surface area contributed by atoms with Crippen LogP contribution in [-0.2, 0) is 9.59 Å². The molecule has 1 aromatic rings. The Bertz CT molecular complexity index is 1020. The lowest BCUT2D eigenvalue weighted by Gasteiger charge is -2.41. The second-order valence-corrected chi connectivity index (χ2v) is 11.8. The zero-order chi connectivity index (χ0) is 26.5. The van der Waals surface area contributed by atoms with Crippen LogP contribution in [0.2, 0.25) is 0 Å². The van der Waals surface area contributed by atoms with E-state index in [0.717, 1.165) is 0 Å². The van der Waals surface area contributed by atoms with Crippen LogP contribution >= 0.6 is 0 Å². The van der Waals surface area contributed by atoms with Gasteiger partial charge in [0.25, 0.3) is 0 Å². The predicted molar refractivity (Wildman–Crippen MR) is 131 cm³/mol. The number of carbonyl (C=O) groups is 4. The largest absolute Gasteiger partial charge is 0.507 e. The normalized spacial score (nSPS) is 28.2. The van der Waals surface area contributed by atoms with Gasteiger partial charge in [0.1, 0.15) is 28.8 Å². The first kappa shape index (κ1) is 26.9. The van der Waals surface area contributed by atoms with Gasteiger partial charge in [-0.05, 0) is 60.7 Å². The monoisotopic (exact) mass is 486 g/mol. The molecule has 1 unspecified atom stereocenters. The fourth-order valence-corrected chi connectivity index (χ4v) is 6.94. The van der Waals surface area contributed by atoms with Crippen LogP contribution < -0.4 is 0 Å². The summed E-state index contributed by atoms with van der Waals surface area (Å²) in [5.41, 5.74) is -1.64. The molecule has 192 valence electrons. The van der Waals surface area contributed by atoms with Crippen LogP contribution in [0.4, 0.5) is 0 Å². The Morgan fingerprint density at radius 3 is 2.03 bits per heavy atom. The number of carbonyl (C=O) groups excluding carboxylic acids is 4. The van der Waals surface area contributed by atoms with Crippen LogP contribution in [0.3, 0.4) is 0 Å². The molecule has 0 spiro atoms. The lowest BCUT2D eigenvalue weighted by Crippen LogP contribution is -2.36. The van der Waals surface area contributed by atoms with Gasteiger partial charge in [0.15, 0.2) is 12.6 Å². The zero-order valence-electron chi connectivity index (χ0n) is 21.6. The second-order valence-electron chi connectivity index (χ2n) is 11.8. The van der Waals surface area contributed by atoms with E-state index < -0.39 is 39.7 Å². The fraction of sp³-hybridized carbons (Fsp3) is 0.643. The number of Topliss-reactive ketones (excluding diaryl/α,β-unsaturated/α-hetero) is 2. The number of rotatable bonds is 10. The van der Waals surface area contributed by atoms with Crippen molar-refractivity contribution in [3.63, 3.8) is 0 Å². The Hall–Kier alpha value is -2.70. The maximum atomic E-state index is 13.4. The maximum Gasteiger partial charge on any atom is 0.157 e. The number of aldehydes is 2. The van der Waals surface area contributed by atoms with E-state index in [2.05, 4.69) is 13.8 Å². The van der Waals surface area contributed by atoms with Gasteiger partial charge in [0.05, 0.1) is 11.1 Å². The highest BCUT2D eigenvalue weighted by Gasteiger charge is 2.67. The van der Waals surface area contributed by atoms with Crippen molar-refractivity contribution in [2.75, 3.05) is 0 Å². The average Bonchev–Trinajstić information content (AvgIpc) is 3.14. The Morgan fingerprint density at radius 2 is 1.57 bits per heavy atom. The number of hydrogen-bond acceptors (Lipinski definition) is 7. The molecule has 35 heavy (non-hydrogen) atoms. The lowest BCUT2D eigenvalue weighted by molar-refractivity contribution is -0.123. The third-order valence-electron chi connectivity index (χ3n) is 8.89. The van der Waals surface area contributed by atoms with Crippen LogP contribution in [0.1, 0.15) is 106 Å². The van der Waals surface area contributed by atoms with E-state index in [1.807, 2.05) is 20.8 Å². The highest BCUT2D eigenvalue weighted by atomic mass is 16.3. The molecule has 0 heterocycles. The van der Waals surface area contributed by atoms with Gasteiger partial charge in [0.2, 0.25) is 0 Å². The first-order chi connectivity index (χ1) is 16.2. The molecule has 0 amide bonds. The third-order valence-corrected chi connectivity index (χ3v) is 8.89. The van der Waals surface area contributed by atoms with Crippen molar-refractivity contribution >= 4 is 24.1 Å². The van der Waals surface area contributed by atoms with Gasteiger partial charge in [0, 0.05) is 24.3 Å². The van der Waals surface area contributed by atoms with Crippen molar-refractivity contribution in [1.82, 2.24) is 0 Å². The smallest absolute Gasteiger partial charge is 0.157 e. The van der Waals surface area contributed by atoms with E-state index in [1.54, 1.807) is 6.92 Å². The summed E-state index contributed by atoms with van der Waals surface area (Å²) in [5, 5.41) is 32.4. The summed E-state index contributed by atoms with van der Waals surface area (Å²) in [6, 6.07) is 0. The standard InChI is InChI=1S/C28H38O7/c1-14(2)11-19(21-25(34)16(12-29)24(33)17(13-30)26(21)35)28(6)10-9-20(32)23(28)22-18(27(22,4)5)8-7-15(3)31/h12-14,18-19,22-23,33-35H,7-11H2,1-6H3/t18-,19?,22+,23+,28-/m1/s1. The van der Waals surface area contributed by atoms with E-state index in [0.29, 0.717) is 32.1 Å². The summed E-state index contributed by atoms with van der Waals surface area (Å²) < 4.78 is 0. The molecule has 1 aromatic carbocycles. The Kier molecular flexibility index (Phi) is 7.22. The minimum atomic E-state index is -0.756. The number of ketones is 2. The summed E-state index contributed by atoms with van der Waals surface area (Å²) in [4.78, 5) is 48.5. The topological polar surface area (TPSA) is 129 Å². The van der Waals surface area contributed by atoms with Crippen LogP contribution in [0.25, 0.3) is 0 Å². The molecule has 2 saturated carbocycles. The molecule has 0 aliphatic heterocycles. The van der Waals surface area contributed by atoms with Crippen LogP contribution in [0.5, 0.6) is 17.2 Å². The van der Waals surface area contributed by atoms with Gasteiger partial charge in [-0.25, -0.2) is 0 Å². The molecule has 3 rings (SSSR count). The van der Waals surface area contributed by atoms with E-state index in [9.17, 15) is 34.5 Å². The number of benzene rings is 1. The zero-order valence-corrected chi connectivity index (χ0v) is 21.6. The molecule has 0 aromatic heterocycles. The van der Waals surface area contributed by atoms with Gasteiger partial charge in [-0.15, -0.1) is 0 Å². The van der Waals surface area contributed by atoms with Gasteiger partial charge in [-0.3, -0.25) is 14.4 Å². The minimum Gasteiger partial charge on any atom is -0.507 e. The van der Waals surface area contributed by atoms with E-state index in [1.165, 1.54) is 0 Å². The summed E-state index contributed by atoms with van der Waals surface area (Å²) >= 11 is 0. The molecule has 5 atom stereocenters. The highest BCUT2D eigenvalue weighted by molar-refractivity contribution is 5.95. The van der Waals surface area contributed by atoms with Crippen molar-refractivity contribution in [3.8, 4) is 17.2 Å².